The summed E-state index contributed by atoms with van der Waals surface area (Å²) in [7, 11) is 0. The Labute approximate surface area is 118 Å². The number of nitrogens with two attached hydrogens (primary N) is 1. The molecule has 1 amide bonds. The number of rotatable bonds is 5. The van der Waals surface area contributed by atoms with Crippen LogP contribution in [-0.4, -0.2) is 22.1 Å². The molecule has 19 heavy (non-hydrogen) atoms. The Hall–Kier alpha value is -1.14. The molecule has 6 nitrogen and oxygen atoms in total. The van der Waals surface area contributed by atoms with Gasteiger partial charge in [0.05, 0.1) is 6.04 Å². The molecule has 0 saturated heterocycles. The van der Waals surface area contributed by atoms with Crippen LogP contribution in [0, 0.1) is 5.92 Å². The van der Waals surface area contributed by atoms with Crippen molar-refractivity contribution in [3.63, 3.8) is 0 Å². The minimum absolute atomic E-state index is 0. The van der Waals surface area contributed by atoms with Crippen LogP contribution in [0.3, 0.4) is 0 Å². The zero-order valence-corrected chi connectivity index (χ0v) is 12.2. The standard InChI is InChI=1S/C12H20N4O2.ClH/c1-6(2)9(14-11(17)7(3)13)12-15-10(16-18-12)8-4-5-8;/h6-9H,4-5,13H2,1-3H3,(H,14,17);1H/t7-,9?;/m0./s1. The number of nitrogens with one attached hydrogen (secondary N) is 1. The Bertz CT molecular complexity index is 429. The summed E-state index contributed by atoms with van der Waals surface area (Å²) in [5.41, 5.74) is 5.55. The van der Waals surface area contributed by atoms with Gasteiger partial charge < -0.3 is 15.6 Å². The van der Waals surface area contributed by atoms with Gasteiger partial charge in [0.25, 0.3) is 0 Å². The molecule has 1 aromatic heterocycles. The van der Waals surface area contributed by atoms with E-state index in [1.807, 2.05) is 13.8 Å². The number of aromatic nitrogens is 2. The maximum absolute atomic E-state index is 11.7. The topological polar surface area (TPSA) is 94.0 Å². The minimum Gasteiger partial charge on any atom is -0.343 e. The smallest absolute Gasteiger partial charge is 0.249 e. The normalized spacial score (nSPS) is 17.7. The van der Waals surface area contributed by atoms with Crippen molar-refractivity contribution >= 4 is 18.3 Å². The summed E-state index contributed by atoms with van der Waals surface area (Å²) < 4.78 is 5.25. The molecule has 0 aromatic carbocycles. The largest absolute Gasteiger partial charge is 0.343 e. The van der Waals surface area contributed by atoms with Gasteiger partial charge in [0.15, 0.2) is 5.82 Å². The Morgan fingerprint density at radius 3 is 2.53 bits per heavy atom. The van der Waals surface area contributed by atoms with Gasteiger partial charge in [-0.15, -0.1) is 12.4 Å². The van der Waals surface area contributed by atoms with Gasteiger partial charge >= 0.3 is 0 Å². The van der Waals surface area contributed by atoms with Crippen LogP contribution in [0.2, 0.25) is 0 Å². The number of carbonyl (C=O) groups is 1. The van der Waals surface area contributed by atoms with Crippen LogP contribution in [0.15, 0.2) is 4.52 Å². The maximum Gasteiger partial charge on any atom is 0.249 e. The van der Waals surface area contributed by atoms with Gasteiger partial charge in [-0.2, -0.15) is 4.98 Å². The second kappa shape index (κ2) is 6.34. The lowest BCUT2D eigenvalue weighted by Gasteiger charge is -2.19. The molecule has 1 fully saturated rings. The van der Waals surface area contributed by atoms with Crippen LogP contribution < -0.4 is 11.1 Å². The van der Waals surface area contributed by atoms with E-state index >= 15 is 0 Å². The number of hydrogen-bond acceptors (Lipinski definition) is 5. The quantitative estimate of drug-likeness (QED) is 0.857. The lowest BCUT2D eigenvalue weighted by atomic mass is 10.0. The molecule has 0 radical (unpaired) electrons. The molecule has 7 heteroatoms. The third-order valence-corrected chi connectivity index (χ3v) is 3.04. The lowest BCUT2D eigenvalue weighted by molar-refractivity contribution is -0.123. The van der Waals surface area contributed by atoms with E-state index in [0.717, 1.165) is 18.7 Å². The van der Waals surface area contributed by atoms with Gasteiger partial charge in [0.1, 0.15) is 6.04 Å². The van der Waals surface area contributed by atoms with Crippen molar-refractivity contribution in [2.24, 2.45) is 11.7 Å². The average molecular weight is 289 g/mol. The fourth-order valence-corrected chi connectivity index (χ4v) is 1.68. The highest BCUT2D eigenvalue weighted by molar-refractivity contribution is 5.85. The summed E-state index contributed by atoms with van der Waals surface area (Å²) in [6.45, 7) is 5.64. The van der Waals surface area contributed by atoms with E-state index in [1.165, 1.54) is 0 Å². The molecular weight excluding hydrogens is 268 g/mol. The van der Waals surface area contributed by atoms with E-state index in [1.54, 1.807) is 6.92 Å². The highest BCUT2D eigenvalue weighted by atomic mass is 35.5. The monoisotopic (exact) mass is 288 g/mol. The molecule has 108 valence electrons. The Morgan fingerprint density at radius 2 is 2.05 bits per heavy atom. The first-order valence-corrected chi connectivity index (χ1v) is 6.38. The highest BCUT2D eigenvalue weighted by Crippen LogP contribution is 2.38. The first-order valence-electron chi connectivity index (χ1n) is 6.38. The average Bonchev–Trinajstić information content (AvgIpc) is 3.04. The number of nitrogens with zero attached hydrogens (tertiary/aromatic N) is 2. The Balaban J connectivity index is 0.00000180. The van der Waals surface area contributed by atoms with E-state index in [9.17, 15) is 4.79 Å². The van der Waals surface area contributed by atoms with Crippen LogP contribution in [0.5, 0.6) is 0 Å². The third kappa shape index (κ3) is 3.91. The van der Waals surface area contributed by atoms with E-state index < -0.39 is 6.04 Å². The van der Waals surface area contributed by atoms with Crippen molar-refractivity contribution < 1.29 is 9.32 Å². The van der Waals surface area contributed by atoms with Gasteiger partial charge in [-0.25, -0.2) is 0 Å². The van der Waals surface area contributed by atoms with Crippen molar-refractivity contribution in [1.29, 1.82) is 0 Å². The molecule has 0 spiro atoms. The first kappa shape index (κ1) is 15.9. The molecule has 3 N–H and O–H groups in total. The predicted octanol–water partition coefficient (Wildman–Crippen LogP) is 1.53. The molecule has 1 unspecified atom stereocenters. The molecule has 2 atom stereocenters. The fourth-order valence-electron chi connectivity index (χ4n) is 1.68. The second-order valence-corrected chi connectivity index (χ2v) is 5.28. The number of amides is 1. The van der Waals surface area contributed by atoms with E-state index in [2.05, 4.69) is 15.5 Å². The molecule has 2 rings (SSSR count). The van der Waals surface area contributed by atoms with Crippen LogP contribution in [0.4, 0.5) is 0 Å². The molecule has 1 aliphatic carbocycles. The summed E-state index contributed by atoms with van der Waals surface area (Å²) in [6, 6.07) is -0.819. The molecule has 1 aliphatic rings. The molecule has 1 heterocycles. The molecule has 0 aliphatic heterocycles. The predicted molar refractivity (Wildman–Crippen MR) is 72.9 cm³/mol. The molecular formula is C12H21ClN4O2. The van der Waals surface area contributed by atoms with Crippen molar-refractivity contribution in [2.75, 3.05) is 0 Å². The molecule has 1 aromatic rings. The van der Waals surface area contributed by atoms with Crippen LogP contribution in [-0.2, 0) is 4.79 Å². The maximum atomic E-state index is 11.7. The first-order chi connectivity index (χ1) is 8.49. The van der Waals surface area contributed by atoms with E-state index in [-0.39, 0.29) is 30.3 Å². The zero-order chi connectivity index (χ0) is 13.3. The van der Waals surface area contributed by atoms with Gasteiger partial charge in [0.2, 0.25) is 11.8 Å². The van der Waals surface area contributed by atoms with Crippen LogP contribution >= 0.6 is 12.4 Å². The number of hydrogen-bond donors (Lipinski definition) is 2. The number of halogens is 1. The summed E-state index contributed by atoms with van der Waals surface area (Å²) in [5, 5.41) is 6.81. The molecule has 1 saturated carbocycles. The summed E-state index contributed by atoms with van der Waals surface area (Å²) in [5.74, 6) is 1.63. The fraction of sp³-hybridized carbons (Fsp3) is 0.750. The Morgan fingerprint density at radius 1 is 1.42 bits per heavy atom. The minimum atomic E-state index is -0.544. The van der Waals surface area contributed by atoms with Crippen molar-refractivity contribution in [1.82, 2.24) is 15.5 Å². The Kier molecular flexibility index (Phi) is 5.31. The van der Waals surface area contributed by atoms with Gasteiger partial charge in [-0.3, -0.25) is 4.79 Å². The third-order valence-electron chi connectivity index (χ3n) is 3.04. The van der Waals surface area contributed by atoms with Crippen molar-refractivity contribution in [3.05, 3.63) is 11.7 Å². The van der Waals surface area contributed by atoms with Crippen molar-refractivity contribution in [3.8, 4) is 0 Å². The van der Waals surface area contributed by atoms with Crippen molar-refractivity contribution in [2.45, 2.75) is 51.6 Å². The van der Waals surface area contributed by atoms with Gasteiger partial charge in [-0.1, -0.05) is 19.0 Å². The molecule has 0 bridgehead atoms. The second-order valence-electron chi connectivity index (χ2n) is 5.28. The van der Waals surface area contributed by atoms with Crippen LogP contribution in [0.1, 0.15) is 57.3 Å². The summed E-state index contributed by atoms with van der Waals surface area (Å²) >= 11 is 0. The summed E-state index contributed by atoms with van der Waals surface area (Å²) in [4.78, 5) is 16.0. The van der Waals surface area contributed by atoms with Gasteiger partial charge in [0, 0.05) is 5.92 Å². The van der Waals surface area contributed by atoms with Gasteiger partial charge in [-0.05, 0) is 25.7 Å². The summed E-state index contributed by atoms with van der Waals surface area (Å²) in [6.07, 6.45) is 2.25. The number of carbonyl (C=O) groups excluding carboxylic acids is 1. The van der Waals surface area contributed by atoms with E-state index in [4.69, 9.17) is 10.3 Å². The SMILES string of the molecule is CC(C)C(NC(=O)[C@H](C)N)c1nc(C2CC2)no1.Cl. The van der Waals surface area contributed by atoms with E-state index in [0.29, 0.717) is 11.8 Å². The highest BCUT2D eigenvalue weighted by Gasteiger charge is 2.31. The zero-order valence-electron chi connectivity index (χ0n) is 11.4. The lowest BCUT2D eigenvalue weighted by Crippen LogP contribution is -2.41. The van der Waals surface area contributed by atoms with Crippen LogP contribution in [0.25, 0.3) is 0 Å².